The van der Waals surface area contributed by atoms with Crippen LogP contribution in [0, 0.1) is 0 Å². The van der Waals surface area contributed by atoms with E-state index < -0.39 is 5.97 Å². The van der Waals surface area contributed by atoms with Crippen LogP contribution in [-0.4, -0.2) is 20.2 Å². The molecule has 0 aliphatic carbocycles. The van der Waals surface area contributed by atoms with Crippen molar-refractivity contribution in [3.63, 3.8) is 0 Å². The summed E-state index contributed by atoms with van der Waals surface area (Å²) in [5.41, 5.74) is 3.01. The Morgan fingerprint density at radius 3 is 2.35 bits per heavy atom. The average Bonchev–Trinajstić information content (AvgIpc) is 2.59. The molecule has 0 saturated carbocycles. The number of hydrogen-bond donors (Lipinski definition) is 0. The molecule has 118 valence electrons. The maximum Gasteiger partial charge on any atom is 0.341 e. The van der Waals surface area contributed by atoms with E-state index in [4.69, 9.17) is 21.1 Å². The largest absolute Gasteiger partial charge is 0.503 e. The zero-order chi connectivity index (χ0) is 16.7. The first-order valence-electron chi connectivity index (χ1n) is 7.00. The number of methoxy groups -OCH3 is 2. The Hall–Kier alpha value is -2.52. The molecule has 0 heterocycles. The van der Waals surface area contributed by atoms with Gasteiger partial charge in [0.2, 0.25) is 0 Å². The van der Waals surface area contributed by atoms with E-state index in [9.17, 15) is 4.79 Å². The summed E-state index contributed by atoms with van der Waals surface area (Å²) < 4.78 is 9.83. The van der Waals surface area contributed by atoms with E-state index in [1.807, 2.05) is 60.7 Å². The molecule has 4 heteroatoms. The van der Waals surface area contributed by atoms with E-state index in [2.05, 4.69) is 0 Å². The fourth-order valence-electron chi connectivity index (χ4n) is 2.10. The zero-order valence-corrected chi connectivity index (χ0v) is 13.7. The Kier molecular flexibility index (Phi) is 6.01. The van der Waals surface area contributed by atoms with E-state index >= 15 is 0 Å². The Labute approximate surface area is 140 Å². The minimum atomic E-state index is -0.445. The highest BCUT2D eigenvalue weighted by Gasteiger charge is 2.15. The Morgan fingerprint density at radius 2 is 1.70 bits per heavy atom. The summed E-state index contributed by atoms with van der Waals surface area (Å²) in [6.45, 7) is 0. The zero-order valence-electron chi connectivity index (χ0n) is 13.0. The van der Waals surface area contributed by atoms with Crippen LogP contribution >= 0.6 is 11.6 Å². The lowest BCUT2D eigenvalue weighted by Crippen LogP contribution is -2.05. The molecule has 0 radical (unpaired) electrons. The summed E-state index contributed by atoms with van der Waals surface area (Å²) in [7, 11) is 2.84. The average molecular weight is 329 g/mol. The van der Waals surface area contributed by atoms with E-state index in [1.54, 1.807) is 0 Å². The molecule has 0 bridgehead atoms. The predicted octanol–water partition coefficient (Wildman–Crippen LogP) is 4.67. The molecule has 0 atom stereocenters. The highest BCUT2D eigenvalue weighted by molar-refractivity contribution is 6.30. The fraction of sp³-hybridized carbons (Fsp3) is 0.105. The first-order chi connectivity index (χ1) is 11.2. The molecule has 2 rings (SSSR count). The topological polar surface area (TPSA) is 35.5 Å². The van der Waals surface area contributed by atoms with E-state index in [0.29, 0.717) is 10.6 Å². The lowest BCUT2D eigenvalue weighted by atomic mass is 9.99. The van der Waals surface area contributed by atoms with Crippen molar-refractivity contribution in [2.75, 3.05) is 14.2 Å². The Bertz CT molecular complexity index is 731. The normalized spacial score (nSPS) is 11.5. The van der Waals surface area contributed by atoms with Crippen LogP contribution in [-0.2, 0) is 14.3 Å². The molecule has 0 N–H and O–H groups in total. The minimum absolute atomic E-state index is 0.367. The van der Waals surface area contributed by atoms with Gasteiger partial charge in [0.05, 0.1) is 20.5 Å². The number of carbonyl (C=O) groups excluding carboxylic acids is 1. The first-order valence-corrected chi connectivity index (χ1v) is 7.38. The number of benzene rings is 2. The van der Waals surface area contributed by atoms with Gasteiger partial charge >= 0.3 is 5.97 Å². The van der Waals surface area contributed by atoms with E-state index in [-0.39, 0.29) is 0 Å². The van der Waals surface area contributed by atoms with Gasteiger partial charge in [0, 0.05) is 5.02 Å². The molecule has 0 unspecified atom stereocenters. The smallest absolute Gasteiger partial charge is 0.341 e. The summed E-state index contributed by atoms with van der Waals surface area (Å²) in [4.78, 5) is 12.0. The lowest BCUT2D eigenvalue weighted by Gasteiger charge is -2.09. The third-order valence-electron chi connectivity index (χ3n) is 3.22. The Balaban J connectivity index is 2.38. The van der Waals surface area contributed by atoms with Crippen LogP contribution in [0.1, 0.15) is 16.7 Å². The van der Waals surface area contributed by atoms with Gasteiger partial charge < -0.3 is 9.47 Å². The van der Waals surface area contributed by atoms with Gasteiger partial charge in [-0.2, -0.15) is 0 Å². The second kappa shape index (κ2) is 8.20. The Morgan fingerprint density at radius 1 is 1.00 bits per heavy atom. The van der Waals surface area contributed by atoms with Crippen molar-refractivity contribution >= 4 is 35.3 Å². The SMILES string of the molecule is COC=C(C(=O)OC)c1ccccc1C=Cc1ccc(Cl)cc1. The lowest BCUT2D eigenvalue weighted by molar-refractivity contribution is -0.133. The van der Waals surface area contributed by atoms with Gasteiger partial charge in [-0.15, -0.1) is 0 Å². The molecule has 0 amide bonds. The molecule has 0 spiro atoms. The van der Waals surface area contributed by atoms with Crippen LogP contribution in [0.4, 0.5) is 0 Å². The van der Waals surface area contributed by atoms with Crippen LogP contribution in [0.2, 0.25) is 5.02 Å². The first kappa shape index (κ1) is 16.8. The number of ether oxygens (including phenoxy) is 2. The van der Waals surface area contributed by atoms with Crippen molar-refractivity contribution in [2.24, 2.45) is 0 Å². The predicted molar refractivity (Wildman–Crippen MR) is 93.8 cm³/mol. The maximum absolute atomic E-state index is 12.0. The molecule has 0 aromatic heterocycles. The summed E-state index contributed by atoms with van der Waals surface area (Å²) >= 11 is 5.88. The standard InChI is InChI=1S/C19H17ClO3/c1-22-13-18(19(21)23-2)17-6-4-3-5-15(17)10-7-14-8-11-16(20)12-9-14/h3-13H,1-2H3. The van der Waals surface area contributed by atoms with Crippen LogP contribution in [0.15, 0.2) is 54.8 Å². The minimum Gasteiger partial charge on any atom is -0.503 e. The van der Waals surface area contributed by atoms with Crippen LogP contribution in [0.25, 0.3) is 17.7 Å². The second-order valence-corrected chi connectivity index (χ2v) is 5.17. The molecule has 0 fully saturated rings. The van der Waals surface area contributed by atoms with Crippen LogP contribution in [0.5, 0.6) is 0 Å². The van der Waals surface area contributed by atoms with Crippen molar-refractivity contribution in [3.8, 4) is 0 Å². The van der Waals surface area contributed by atoms with E-state index in [1.165, 1.54) is 20.5 Å². The third kappa shape index (κ3) is 4.47. The van der Waals surface area contributed by atoms with Gasteiger partial charge in [-0.05, 0) is 28.8 Å². The van der Waals surface area contributed by atoms with Crippen molar-refractivity contribution in [1.29, 1.82) is 0 Å². The highest BCUT2D eigenvalue weighted by atomic mass is 35.5. The molecular formula is C19H17ClO3. The second-order valence-electron chi connectivity index (χ2n) is 4.73. The molecular weight excluding hydrogens is 312 g/mol. The number of carbonyl (C=O) groups is 1. The van der Waals surface area contributed by atoms with Gasteiger partial charge in [-0.25, -0.2) is 4.79 Å². The number of halogens is 1. The summed E-state index contributed by atoms with van der Waals surface area (Å²) in [6, 6.07) is 15.1. The van der Waals surface area contributed by atoms with Crippen molar-refractivity contribution in [3.05, 3.63) is 76.5 Å². The quantitative estimate of drug-likeness (QED) is 0.346. The molecule has 0 saturated heterocycles. The van der Waals surface area contributed by atoms with Crippen molar-refractivity contribution in [1.82, 2.24) is 0 Å². The summed E-state index contributed by atoms with van der Waals surface area (Å²) in [5, 5.41) is 0.693. The summed E-state index contributed by atoms with van der Waals surface area (Å²) in [6.07, 6.45) is 5.28. The van der Waals surface area contributed by atoms with E-state index in [0.717, 1.165) is 16.7 Å². The molecule has 0 aliphatic heterocycles. The fourth-order valence-corrected chi connectivity index (χ4v) is 2.22. The third-order valence-corrected chi connectivity index (χ3v) is 3.47. The van der Waals surface area contributed by atoms with Crippen molar-refractivity contribution < 1.29 is 14.3 Å². The number of hydrogen-bond acceptors (Lipinski definition) is 3. The summed E-state index contributed by atoms with van der Waals surface area (Å²) in [5.74, 6) is -0.445. The van der Waals surface area contributed by atoms with Crippen LogP contribution in [0.3, 0.4) is 0 Å². The molecule has 0 aliphatic rings. The van der Waals surface area contributed by atoms with Crippen molar-refractivity contribution in [2.45, 2.75) is 0 Å². The molecule has 2 aromatic carbocycles. The molecule has 23 heavy (non-hydrogen) atoms. The number of rotatable bonds is 5. The van der Waals surface area contributed by atoms with Gasteiger partial charge in [-0.1, -0.05) is 60.2 Å². The van der Waals surface area contributed by atoms with Gasteiger partial charge in [0.1, 0.15) is 5.57 Å². The molecule has 2 aromatic rings. The van der Waals surface area contributed by atoms with Gasteiger partial charge in [0.25, 0.3) is 0 Å². The van der Waals surface area contributed by atoms with Gasteiger partial charge in [-0.3, -0.25) is 0 Å². The van der Waals surface area contributed by atoms with Crippen LogP contribution < -0.4 is 0 Å². The number of esters is 1. The molecule has 3 nitrogen and oxygen atoms in total. The monoisotopic (exact) mass is 328 g/mol. The van der Waals surface area contributed by atoms with Gasteiger partial charge in [0.15, 0.2) is 0 Å². The maximum atomic E-state index is 12.0. The highest BCUT2D eigenvalue weighted by Crippen LogP contribution is 2.23.